The largest absolute Gasteiger partial charge is 0.481 e. The molecular formula is C20H19Cl2N7O5S. The molecule has 0 saturated heterocycles. The normalized spacial score (nSPS) is 11.6. The Morgan fingerprint density at radius 3 is 2.54 bits per heavy atom. The number of aliphatic carboxylic acids is 1. The molecule has 1 unspecified atom stereocenters. The summed E-state index contributed by atoms with van der Waals surface area (Å²) in [4.78, 5) is 44.8. The number of tetrazole rings is 1. The molecule has 3 aromatic rings. The van der Waals surface area contributed by atoms with Crippen molar-refractivity contribution in [2.24, 2.45) is 0 Å². The number of carbonyl (C=O) groups is 3. The number of nitrogens with one attached hydrogen (secondary N) is 1. The molecule has 15 heteroatoms. The van der Waals surface area contributed by atoms with Crippen molar-refractivity contribution in [2.75, 3.05) is 6.61 Å². The van der Waals surface area contributed by atoms with Crippen molar-refractivity contribution in [3.8, 4) is 0 Å². The second-order valence-electron chi connectivity index (χ2n) is 6.94. The molecule has 0 fully saturated rings. The zero-order valence-electron chi connectivity index (χ0n) is 18.0. The van der Waals surface area contributed by atoms with E-state index in [0.29, 0.717) is 33.6 Å². The summed E-state index contributed by atoms with van der Waals surface area (Å²) < 4.78 is 6.22. The first-order valence-electron chi connectivity index (χ1n) is 10.1. The fourth-order valence-corrected chi connectivity index (χ4v) is 4.18. The Labute approximate surface area is 213 Å². The second-order valence-corrected chi connectivity index (χ2v) is 8.73. The third-order valence-electron chi connectivity index (χ3n) is 4.37. The van der Waals surface area contributed by atoms with Crippen LogP contribution in [0.3, 0.4) is 0 Å². The maximum Gasteiger partial charge on any atom is 0.407 e. The smallest absolute Gasteiger partial charge is 0.407 e. The van der Waals surface area contributed by atoms with Crippen LogP contribution in [0.2, 0.25) is 10.0 Å². The molecule has 0 aliphatic carbocycles. The van der Waals surface area contributed by atoms with Gasteiger partial charge < -0.3 is 15.2 Å². The number of Topliss-reactive ketones (excluding diaryl/α,β-unsaturated/α-hetero) is 1. The Balaban J connectivity index is 1.57. The maximum absolute atomic E-state index is 12.8. The maximum atomic E-state index is 12.8. The van der Waals surface area contributed by atoms with E-state index in [4.69, 9.17) is 27.9 Å². The Morgan fingerprint density at radius 1 is 1.14 bits per heavy atom. The van der Waals surface area contributed by atoms with Gasteiger partial charge in [0.2, 0.25) is 5.16 Å². The van der Waals surface area contributed by atoms with Crippen LogP contribution in [0.1, 0.15) is 18.7 Å². The van der Waals surface area contributed by atoms with Crippen molar-refractivity contribution in [3.63, 3.8) is 0 Å². The lowest BCUT2D eigenvalue weighted by molar-refractivity contribution is -0.139. The molecule has 35 heavy (non-hydrogen) atoms. The van der Waals surface area contributed by atoms with E-state index < -0.39 is 36.9 Å². The summed E-state index contributed by atoms with van der Waals surface area (Å²) in [5, 5.41) is 23.6. The van der Waals surface area contributed by atoms with Crippen molar-refractivity contribution in [1.29, 1.82) is 0 Å². The van der Waals surface area contributed by atoms with Gasteiger partial charge >= 0.3 is 12.1 Å². The highest BCUT2D eigenvalue weighted by Gasteiger charge is 2.26. The quantitative estimate of drug-likeness (QED) is 0.325. The van der Waals surface area contributed by atoms with Gasteiger partial charge in [-0.2, -0.15) is 0 Å². The summed E-state index contributed by atoms with van der Waals surface area (Å²) in [7, 11) is 0. The summed E-state index contributed by atoms with van der Waals surface area (Å²) in [6.07, 6.45) is 2.58. The minimum atomic E-state index is -1.36. The fraction of sp³-hybridized carbons (Fsp3) is 0.300. The van der Waals surface area contributed by atoms with Gasteiger partial charge in [0.1, 0.15) is 18.4 Å². The summed E-state index contributed by atoms with van der Waals surface area (Å²) in [6, 6.07) is 5.29. The lowest BCUT2D eigenvalue weighted by Crippen LogP contribution is -2.44. The van der Waals surface area contributed by atoms with Crippen LogP contribution >= 0.6 is 35.0 Å². The molecule has 0 aliphatic heterocycles. The van der Waals surface area contributed by atoms with Gasteiger partial charge in [-0.1, -0.05) is 29.3 Å². The van der Waals surface area contributed by atoms with E-state index in [1.54, 1.807) is 36.7 Å². The number of nitrogens with zero attached hydrogens (tertiary/aromatic N) is 6. The molecule has 2 aromatic heterocycles. The van der Waals surface area contributed by atoms with E-state index in [2.05, 4.69) is 30.8 Å². The SMILES string of the molecule is O=C(O)CC(NC(=O)OCCCc1ncccn1)C(=O)Cn1nnnc1Sc1c(Cl)cccc1Cl. The number of amides is 1. The van der Waals surface area contributed by atoms with Crippen LogP contribution in [-0.4, -0.2) is 65.8 Å². The van der Waals surface area contributed by atoms with Crippen molar-refractivity contribution >= 4 is 52.8 Å². The molecule has 2 N–H and O–H groups in total. The average Bonchev–Trinajstić information content (AvgIpc) is 3.25. The Hall–Kier alpha value is -3.29. The van der Waals surface area contributed by atoms with E-state index in [9.17, 15) is 19.5 Å². The van der Waals surface area contributed by atoms with E-state index in [1.807, 2.05) is 0 Å². The number of hydrogen-bond acceptors (Lipinski definition) is 10. The van der Waals surface area contributed by atoms with E-state index >= 15 is 0 Å². The number of hydrogen-bond donors (Lipinski definition) is 2. The van der Waals surface area contributed by atoms with E-state index in [0.717, 1.165) is 16.4 Å². The third-order valence-corrected chi connectivity index (χ3v) is 6.35. The van der Waals surface area contributed by atoms with Crippen LogP contribution < -0.4 is 5.32 Å². The number of benzene rings is 1. The average molecular weight is 540 g/mol. The number of aromatic nitrogens is 6. The van der Waals surface area contributed by atoms with Crippen LogP contribution in [0.5, 0.6) is 0 Å². The number of ketones is 1. The highest BCUT2D eigenvalue weighted by Crippen LogP contribution is 2.37. The van der Waals surface area contributed by atoms with Gasteiger partial charge in [-0.25, -0.2) is 19.4 Å². The summed E-state index contributed by atoms with van der Waals surface area (Å²) >= 11 is 13.4. The number of halogens is 2. The van der Waals surface area contributed by atoms with Crippen molar-refractivity contribution in [1.82, 2.24) is 35.5 Å². The van der Waals surface area contributed by atoms with Gasteiger partial charge in [-0.15, -0.1) is 5.10 Å². The molecule has 0 spiro atoms. The minimum Gasteiger partial charge on any atom is -0.481 e. The second kappa shape index (κ2) is 13.0. The number of carboxylic acid groups (broad SMARTS) is 1. The van der Waals surface area contributed by atoms with Crippen LogP contribution in [0.15, 0.2) is 46.7 Å². The number of carbonyl (C=O) groups excluding carboxylic acids is 2. The number of alkyl carbamates (subject to hydrolysis) is 1. The number of aryl methyl sites for hydroxylation is 1. The zero-order valence-corrected chi connectivity index (χ0v) is 20.3. The van der Waals surface area contributed by atoms with E-state index in [1.165, 1.54) is 0 Å². The molecule has 0 aliphatic rings. The fourth-order valence-electron chi connectivity index (χ4n) is 2.76. The molecule has 2 heterocycles. The molecule has 1 aromatic carbocycles. The molecule has 0 saturated carbocycles. The topological polar surface area (TPSA) is 162 Å². The van der Waals surface area contributed by atoms with Crippen LogP contribution in [0.4, 0.5) is 4.79 Å². The van der Waals surface area contributed by atoms with Crippen molar-refractivity contribution in [3.05, 3.63) is 52.5 Å². The lowest BCUT2D eigenvalue weighted by Gasteiger charge is -2.16. The predicted molar refractivity (Wildman–Crippen MR) is 124 cm³/mol. The molecule has 3 rings (SSSR count). The van der Waals surface area contributed by atoms with Gasteiger partial charge in [0.25, 0.3) is 0 Å². The van der Waals surface area contributed by atoms with Crippen LogP contribution in [-0.2, 0) is 27.3 Å². The minimum absolute atomic E-state index is 0.0322. The summed E-state index contributed by atoms with van der Waals surface area (Å²) in [5.41, 5.74) is 0. The first-order valence-corrected chi connectivity index (χ1v) is 11.7. The summed E-state index contributed by atoms with van der Waals surface area (Å²) in [6.45, 7) is -0.370. The van der Waals surface area contributed by atoms with Gasteiger partial charge in [-0.3, -0.25) is 9.59 Å². The number of carboxylic acids is 1. The molecule has 184 valence electrons. The number of rotatable bonds is 12. The molecular weight excluding hydrogens is 521 g/mol. The third kappa shape index (κ3) is 8.16. The van der Waals surface area contributed by atoms with Gasteiger partial charge in [0.15, 0.2) is 5.78 Å². The van der Waals surface area contributed by atoms with Crippen molar-refractivity contribution in [2.45, 2.75) is 41.9 Å². The molecule has 0 bridgehead atoms. The van der Waals surface area contributed by atoms with Crippen LogP contribution in [0.25, 0.3) is 0 Å². The van der Waals surface area contributed by atoms with Gasteiger partial charge in [0.05, 0.1) is 28.0 Å². The predicted octanol–water partition coefficient (Wildman–Crippen LogP) is 2.69. The lowest BCUT2D eigenvalue weighted by atomic mass is 10.1. The zero-order chi connectivity index (χ0) is 25.2. The highest BCUT2D eigenvalue weighted by molar-refractivity contribution is 7.99. The van der Waals surface area contributed by atoms with Gasteiger partial charge in [-0.05, 0) is 46.8 Å². The highest BCUT2D eigenvalue weighted by atomic mass is 35.5. The summed E-state index contributed by atoms with van der Waals surface area (Å²) in [5.74, 6) is -1.32. The van der Waals surface area contributed by atoms with E-state index in [-0.39, 0.29) is 11.8 Å². The monoisotopic (exact) mass is 539 g/mol. The Morgan fingerprint density at radius 2 is 1.86 bits per heavy atom. The Kier molecular flexibility index (Phi) is 9.76. The number of ether oxygens (including phenoxy) is 1. The van der Waals surface area contributed by atoms with Crippen molar-refractivity contribution < 1.29 is 24.2 Å². The first kappa shape index (κ1) is 26.3. The Bertz CT molecular complexity index is 1160. The molecule has 12 nitrogen and oxygen atoms in total. The molecule has 1 amide bonds. The standard InChI is InChI=1S/C20H19Cl2N7O5S/c21-12-4-1-5-13(22)18(12)35-19-26-27-28-29(19)11-15(30)14(10-17(31)32)25-20(33)34-9-2-6-16-23-7-3-8-24-16/h1,3-5,7-8,14H,2,6,9-11H2,(H,25,33)(H,31,32). The van der Waals surface area contributed by atoms with Crippen LogP contribution in [0, 0.1) is 0 Å². The molecule has 1 atom stereocenters. The molecule has 0 radical (unpaired) electrons. The first-order chi connectivity index (χ1) is 16.8. The van der Waals surface area contributed by atoms with Gasteiger partial charge in [0, 0.05) is 18.8 Å².